The second-order valence-corrected chi connectivity index (χ2v) is 6.47. The highest BCUT2D eigenvalue weighted by Gasteiger charge is 2.27. The van der Waals surface area contributed by atoms with E-state index in [0.717, 1.165) is 5.56 Å². The number of benzene rings is 1. The lowest BCUT2D eigenvalue weighted by Crippen LogP contribution is -2.30. The first-order valence-corrected chi connectivity index (χ1v) is 6.17. The number of hydrogen-bond donors (Lipinski definition) is 2. The molecule has 1 rings (SSSR count). The van der Waals surface area contributed by atoms with E-state index in [0.29, 0.717) is 6.54 Å². The fourth-order valence-corrected chi connectivity index (χ4v) is 1.73. The molecule has 3 N–H and O–H groups in total. The Morgan fingerprint density at radius 3 is 1.88 bits per heavy atom. The van der Waals surface area contributed by atoms with Crippen LogP contribution in [0.2, 0.25) is 0 Å². The molecule has 1 aromatic rings. The SMILES string of the molecule is CC(C)(C)c1ccc(C(O)C(C)(C)CN)cc1. The predicted molar refractivity (Wildman–Crippen MR) is 72.9 cm³/mol. The minimum absolute atomic E-state index is 0.146. The van der Waals surface area contributed by atoms with Gasteiger partial charge in [-0.05, 0) is 16.5 Å². The standard InChI is InChI=1S/C15H25NO/c1-14(2,3)12-8-6-11(7-9-12)13(17)15(4,5)10-16/h6-9,13,17H,10,16H2,1-5H3. The molecule has 0 saturated heterocycles. The molecule has 0 amide bonds. The summed E-state index contributed by atoms with van der Waals surface area (Å²) in [7, 11) is 0. The number of aliphatic hydroxyl groups excluding tert-OH is 1. The van der Waals surface area contributed by atoms with Crippen LogP contribution in [-0.2, 0) is 5.41 Å². The fraction of sp³-hybridized carbons (Fsp3) is 0.600. The zero-order valence-corrected chi connectivity index (χ0v) is 11.6. The molecular formula is C15H25NO. The van der Waals surface area contributed by atoms with Gasteiger partial charge in [-0.3, -0.25) is 0 Å². The molecule has 0 radical (unpaired) electrons. The van der Waals surface area contributed by atoms with Crippen molar-refractivity contribution in [3.63, 3.8) is 0 Å². The highest BCUT2D eigenvalue weighted by Crippen LogP contribution is 2.33. The first-order valence-electron chi connectivity index (χ1n) is 6.17. The maximum Gasteiger partial charge on any atom is 0.0852 e. The first kappa shape index (κ1) is 14.2. The van der Waals surface area contributed by atoms with Crippen molar-refractivity contribution in [1.82, 2.24) is 0 Å². The van der Waals surface area contributed by atoms with E-state index in [1.54, 1.807) is 0 Å². The van der Waals surface area contributed by atoms with Gasteiger partial charge in [-0.1, -0.05) is 58.9 Å². The number of rotatable bonds is 3. The molecule has 2 heteroatoms. The van der Waals surface area contributed by atoms with Gasteiger partial charge in [0.2, 0.25) is 0 Å². The molecule has 1 aromatic carbocycles. The Bertz CT molecular complexity index is 360. The lowest BCUT2D eigenvalue weighted by molar-refractivity contribution is 0.0555. The molecule has 0 aromatic heterocycles. The lowest BCUT2D eigenvalue weighted by atomic mass is 9.81. The highest BCUT2D eigenvalue weighted by molar-refractivity contribution is 5.29. The van der Waals surface area contributed by atoms with Gasteiger partial charge in [0.05, 0.1) is 6.10 Å². The van der Waals surface area contributed by atoms with Crippen LogP contribution in [0.4, 0.5) is 0 Å². The van der Waals surface area contributed by atoms with Gasteiger partial charge in [-0.2, -0.15) is 0 Å². The minimum Gasteiger partial charge on any atom is -0.388 e. The van der Waals surface area contributed by atoms with E-state index in [4.69, 9.17) is 5.73 Å². The Kier molecular flexibility index (Phi) is 4.00. The average molecular weight is 235 g/mol. The van der Waals surface area contributed by atoms with Crippen LogP contribution in [-0.4, -0.2) is 11.7 Å². The van der Waals surface area contributed by atoms with Crippen LogP contribution in [0, 0.1) is 5.41 Å². The van der Waals surface area contributed by atoms with Crippen molar-refractivity contribution < 1.29 is 5.11 Å². The second kappa shape index (κ2) is 4.79. The minimum atomic E-state index is -0.512. The average Bonchev–Trinajstić information content (AvgIpc) is 2.27. The lowest BCUT2D eigenvalue weighted by Gasteiger charge is -2.29. The van der Waals surface area contributed by atoms with Gasteiger partial charge in [-0.15, -0.1) is 0 Å². The molecule has 0 aliphatic carbocycles. The third-order valence-corrected chi connectivity index (χ3v) is 3.36. The first-order chi connectivity index (χ1) is 7.68. The van der Waals surface area contributed by atoms with Crippen molar-refractivity contribution in [1.29, 1.82) is 0 Å². The monoisotopic (exact) mass is 235 g/mol. The van der Waals surface area contributed by atoms with Crippen LogP contribution in [0.3, 0.4) is 0 Å². The summed E-state index contributed by atoms with van der Waals surface area (Å²) in [5, 5.41) is 10.3. The molecule has 0 saturated carbocycles. The third-order valence-electron chi connectivity index (χ3n) is 3.36. The van der Waals surface area contributed by atoms with Crippen LogP contribution < -0.4 is 5.73 Å². The normalized spacial score (nSPS) is 14.8. The molecule has 0 heterocycles. The van der Waals surface area contributed by atoms with E-state index >= 15 is 0 Å². The zero-order chi connectivity index (χ0) is 13.3. The molecule has 17 heavy (non-hydrogen) atoms. The van der Waals surface area contributed by atoms with E-state index in [9.17, 15) is 5.11 Å². The van der Waals surface area contributed by atoms with Crippen molar-refractivity contribution in [2.24, 2.45) is 11.1 Å². The van der Waals surface area contributed by atoms with Crippen molar-refractivity contribution >= 4 is 0 Å². The van der Waals surface area contributed by atoms with E-state index in [1.165, 1.54) is 5.56 Å². The number of aliphatic hydroxyl groups is 1. The van der Waals surface area contributed by atoms with Gasteiger partial charge in [0.1, 0.15) is 0 Å². The van der Waals surface area contributed by atoms with Crippen molar-refractivity contribution in [3.8, 4) is 0 Å². The van der Waals surface area contributed by atoms with Crippen molar-refractivity contribution in [3.05, 3.63) is 35.4 Å². The molecule has 0 fully saturated rings. The Hall–Kier alpha value is -0.860. The Morgan fingerprint density at radius 2 is 1.53 bits per heavy atom. The van der Waals surface area contributed by atoms with Crippen molar-refractivity contribution in [2.75, 3.05) is 6.54 Å². The van der Waals surface area contributed by atoms with Crippen LogP contribution in [0.1, 0.15) is 51.8 Å². The zero-order valence-electron chi connectivity index (χ0n) is 11.6. The predicted octanol–water partition coefficient (Wildman–Crippen LogP) is 3.00. The molecular weight excluding hydrogens is 210 g/mol. The summed E-state index contributed by atoms with van der Waals surface area (Å²) >= 11 is 0. The summed E-state index contributed by atoms with van der Waals surface area (Å²) in [6.45, 7) is 11.0. The van der Waals surface area contributed by atoms with Gasteiger partial charge < -0.3 is 10.8 Å². The van der Waals surface area contributed by atoms with Gasteiger partial charge in [0, 0.05) is 12.0 Å². The topological polar surface area (TPSA) is 46.2 Å². The molecule has 1 atom stereocenters. The largest absolute Gasteiger partial charge is 0.388 e. The van der Waals surface area contributed by atoms with E-state index in [-0.39, 0.29) is 10.8 Å². The molecule has 1 unspecified atom stereocenters. The highest BCUT2D eigenvalue weighted by atomic mass is 16.3. The number of nitrogens with two attached hydrogens (primary N) is 1. The summed E-state index contributed by atoms with van der Waals surface area (Å²) in [4.78, 5) is 0. The summed E-state index contributed by atoms with van der Waals surface area (Å²) in [5.74, 6) is 0. The maximum absolute atomic E-state index is 10.3. The molecule has 0 spiro atoms. The van der Waals surface area contributed by atoms with Gasteiger partial charge in [0.25, 0.3) is 0 Å². The van der Waals surface area contributed by atoms with Crippen LogP contribution in [0.5, 0.6) is 0 Å². The number of hydrogen-bond acceptors (Lipinski definition) is 2. The van der Waals surface area contributed by atoms with Gasteiger partial charge in [0.15, 0.2) is 0 Å². The molecule has 2 nitrogen and oxygen atoms in total. The summed E-state index contributed by atoms with van der Waals surface area (Å²) in [6, 6.07) is 8.18. The third kappa shape index (κ3) is 3.30. The van der Waals surface area contributed by atoms with Crippen LogP contribution >= 0.6 is 0 Å². The van der Waals surface area contributed by atoms with E-state index in [1.807, 2.05) is 26.0 Å². The smallest absolute Gasteiger partial charge is 0.0852 e. The van der Waals surface area contributed by atoms with Gasteiger partial charge >= 0.3 is 0 Å². The van der Waals surface area contributed by atoms with E-state index in [2.05, 4.69) is 32.9 Å². The quantitative estimate of drug-likeness (QED) is 0.846. The molecule has 96 valence electrons. The molecule has 0 aliphatic heterocycles. The van der Waals surface area contributed by atoms with Crippen LogP contribution in [0.25, 0.3) is 0 Å². The Balaban J connectivity index is 2.96. The van der Waals surface area contributed by atoms with Crippen LogP contribution in [0.15, 0.2) is 24.3 Å². The summed E-state index contributed by atoms with van der Waals surface area (Å²) in [5.41, 5.74) is 7.76. The molecule has 0 bridgehead atoms. The maximum atomic E-state index is 10.3. The van der Waals surface area contributed by atoms with Crippen molar-refractivity contribution in [2.45, 2.75) is 46.1 Å². The fourth-order valence-electron chi connectivity index (χ4n) is 1.73. The summed E-state index contributed by atoms with van der Waals surface area (Å²) in [6.07, 6.45) is -0.512. The Labute approximate surface area is 105 Å². The van der Waals surface area contributed by atoms with E-state index < -0.39 is 6.10 Å². The summed E-state index contributed by atoms with van der Waals surface area (Å²) < 4.78 is 0. The second-order valence-electron chi connectivity index (χ2n) is 6.47. The Morgan fingerprint density at radius 1 is 1.06 bits per heavy atom. The van der Waals surface area contributed by atoms with Gasteiger partial charge in [-0.25, -0.2) is 0 Å². The molecule has 0 aliphatic rings.